The molecule has 0 saturated carbocycles. The molecule has 0 spiro atoms. The Morgan fingerprint density at radius 1 is 0.865 bits per heavy atom. The van der Waals surface area contributed by atoms with E-state index in [0.717, 1.165) is 66.4 Å². The molecule has 0 unspecified atom stereocenters. The molecule has 3 aromatic rings. The molecule has 0 aromatic heterocycles. The van der Waals surface area contributed by atoms with Crippen LogP contribution in [0, 0.1) is 5.92 Å². The van der Waals surface area contributed by atoms with Gasteiger partial charge < -0.3 is 28.8 Å². The molecule has 3 aromatic carbocycles. The van der Waals surface area contributed by atoms with Gasteiger partial charge in [0.2, 0.25) is 0 Å². The second-order valence-electron chi connectivity index (χ2n) is 9.57. The number of ether oxygens (including phenoxy) is 5. The minimum absolute atomic E-state index is 0.344. The van der Waals surface area contributed by atoms with Gasteiger partial charge in [-0.2, -0.15) is 0 Å². The Bertz CT molecular complexity index is 1160. The predicted octanol–water partition coefficient (Wildman–Crippen LogP) is 5.06. The van der Waals surface area contributed by atoms with Gasteiger partial charge in [-0.1, -0.05) is 42.5 Å². The SMILES string of the molecule is O=C(O)COC1(c2ccc(OCc3cccc(-c4ccc(OCC5CCOCC5)cc4)c3)cc2)COC1. The summed E-state index contributed by atoms with van der Waals surface area (Å²) in [6, 6.07) is 24.1. The molecule has 0 atom stereocenters. The fraction of sp³-hybridized carbons (Fsp3) is 0.367. The van der Waals surface area contributed by atoms with Gasteiger partial charge in [0.05, 0.1) is 19.8 Å². The van der Waals surface area contributed by atoms with Gasteiger partial charge in [0.15, 0.2) is 0 Å². The van der Waals surface area contributed by atoms with E-state index in [9.17, 15) is 4.79 Å². The van der Waals surface area contributed by atoms with E-state index in [-0.39, 0.29) is 6.61 Å². The van der Waals surface area contributed by atoms with Gasteiger partial charge in [-0.3, -0.25) is 0 Å². The van der Waals surface area contributed by atoms with Crippen LogP contribution >= 0.6 is 0 Å². The molecule has 2 aliphatic heterocycles. The zero-order valence-electron chi connectivity index (χ0n) is 20.8. The fourth-order valence-corrected chi connectivity index (χ4v) is 4.55. The van der Waals surface area contributed by atoms with Crippen molar-refractivity contribution in [3.05, 3.63) is 83.9 Å². The summed E-state index contributed by atoms with van der Waals surface area (Å²) in [5.74, 6) is 1.19. The van der Waals surface area contributed by atoms with E-state index in [4.69, 9.17) is 28.8 Å². The number of carbonyl (C=O) groups is 1. The van der Waals surface area contributed by atoms with E-state index in [1.54, 1.807) is 0 Å². The van der Waals surface area contributed by atoms with Crippen molar-refractivity contribution in [1.29, 1.82) is 0 Å². The second kappa shape index (κ2) is 11.8. The first-order chi connectivity index (χ1) is 18.1. The van der Waals surface area contributed by atoms with Crippen LogP contribution in [0.15, 0.2) is 72.8 Å². The average Bonchev–Trinajstić information content (AvgIpc) is 2.92. The first-order valence-electron chi connectivity index (χ1n) is 12.7. The summed E-state index contributed by atoms with van der Waals surface area (Å²) >= 11 is 0. The maximum absolute atomic E-state index is 10.9. The van der Waals surface area contributed by atoms with E-state index in [1.807, 2.05) is 48.5 Å². The van der Waals surface area contributed by atoms with E-state index in [1.165, 1.54) is 0 Å². The maximum atomic E-state index is 10.9. The average molecular weight is 505 g/mol. The summed E-state index contributed by atoms with van der Waals surface area (Å²) in [5, 5.41) is 8.94. The summed E-state index contributed by atoms with van der Waals surface area (Å²) in [6.07, 6.45) is 2.13. The monoisotopic (exact) mass is 504 g/mol. The smallest absolute Gasteiger partial charge is 0.329 e. The highest BCUT2D eigenvalue weighted by atomic mass is 16.6. The summed E-state index contributed by atoms with van der Waals surface area (Å²) in [7, 11) is 0. The lowest BCUT2D eigenvalue weighted by molar-refractivity contribution is -0.220. The van der Waals surface area contributed by atoms with Gasteiger partial charge >= 0.3 is 5.97 Å². The number of hydrogen-bond donors (Lipinski definition) is 1. The molecule has 7 nitrogen and oxygen atoms in total. The van der Waals surface area contributed by atoms with Crippen molar-refractivity contribution in [2.45, 2.75) is 25.0 Å². The Morgan fingerprint density at radius 2 is 1.57 bits per heavy atom. The highest BCUT2D eigenvalue weighted by Crippen LogP contribution is 2.34. The third kappa shape index (κ3) is 6.49. The Kier molecular flexibility index (Phi) is 8.04. The van der Waals surface area contributed by atoms with E-state index in [0.29, 0.717) is 25.7 Å². The van der Waals surface area contributed by atoms with Crippen LogP contribution < -0.4 is 9.47 Å². The Balaban J connectivity index is 1.15. The third-order valence-corrected chi connectivity index (χ3v) is 6.87. The molecule has 2 heterocycles. The van der Waals surface area contributed by atoms with Crippen molar-refractivity contribution in [2.24, 2.45) is 5.92 Å². The lowest BCUT2D eigenvalue weighted by Crippen LogP contribution is -2.49. The minimum atomic E-state index is -0.997. The van der Waals surface area contributed by atoms with Gasteiger partial charge in [0.1, 0.15) is 30.3 Å². The number of carboxylic acid groups (broad SMARTS) is 1. The summed E-state index contributed by atoms with van der Waals surface area (Å²) in [5.41, 5.74) is 3.50. The lowest BCUT2D eigenvalue weighted by atomic mass is 9.91. The van der Waals surface area contributed by atoms with Crippen molar-refractivity contribution in [2.75, 3.05) is 39.6 Å². The van der Waals surface area contributed by atoms with E-state index >= 15 is 0 Å². The molecule has 7 heteroatoms. The number of carboxylic acids is 1. The first-order valence-corrected chi connectivity index (χ1v) is 12.7. The molecule has 2 fully saturated rings. The number of aliphatic carboxylic acids is 1. The van der Waals surface area contributed by atoms with Crippen LogP contribution in [0.4, 0.5) is 0 Å². The molecule has 0 bridgehead atoms. The molecule has 2 aliphatic rings. The molecule has 1 N–H and O–H groups in total. The summed E-state index contributed by atoms with van der Waals surface area (Å²) < 4.78 is 28.3. The molecule has 0 radical (unpaired) electrons. The Labute approximate surface area is 216 Å². The van der Waals surface area contributed by atoms with Crippen LogP contribution in [0.5, 0.6) is 11.5 Å². The molecule has 37 heavy (non-hydrogen) atoms. The van der Waals surface area contributed by atoms with Gasteiger partial charge in [0.25, 0.3) is 0 Å². The zero-order chi connectivity index (χ0) is 25.5. The van der Waals surface area contributed by atoms with Gasteiger partial charge in [-0.05, 0) is 71.3 Å². The van der Waals surface area contributed by atoms with Crippen molar-refractivity contribution in [3.8, 4) is 22.6 Å². The van der Waals surface area contributed by atoms with Gasteiger partial charge in [0, 0.05) is 13.2 Å². The minimum Gasteiger partial charge on any atom is -0.493 e. The van der Waals surface area contributed by atoms with Crippen LogP contribution in [0.3, 0.4) is 0 Å². The molecule has 2 saturated heterocycles. The topological polar surface area (TPSA) is 83.5 Å². The first kappa shape index (κ1) is 25.3. The third-order valence-electron chi connectivity index (χ3n) is 6.87. The molecule has 0 amide bonds. The predicted molar refractivity (Wildman–Crippen MR) is 138 cm³/mol. The molecule has 0 aliphatic carbocycles. The van der Waals surface area contributed by atoms with Crippen LogP contribution in [0.25, 0.3) is 11.1 Å². The van der Waals surface area contributed by atoms with Crippen LogP contribution in [-0.4, -0.2) is 50.7 Å². The van der Waals surface area contributed by atoms with Gasteiger partial charge in [-0.15, -0.1) is 0 Å². The van der Waals surface area contributed by atoms with Crippen molar-refractivity contribution in [3.63, 3.8) is 0 Å². The van der Waals surface area contributed by atoms with Crippen molar-refractivity contribution < 1.29 is 33.6 Å². The van der Waals surface area contributed by atoms with Crippen LogP contribution in [0.1, 0.15) is 24.0 Å². The molecular weight excluding hydrogens is 472 g/mol. The van der Waals surface area contributed by atoms with Gasteiger partial charge in [-0.25, -0.2) is 4.79 Å². The maximum Gasteiger partial charge on any atom is 0.329 e. The molecule has 5 rings (SSSR count). The van der Waals surface area contributed by atoms with Crippen molar-refractivity contribution >= 4 is 5.97 Å². The number of hydrogen-bond acceptors (Lipinski definition) is 6. The standard InChI is InChI=1S/C30H32O7/c31-29(32)19-37-30(20-34-21-30)26-6-10-28(11-7-26)36-18-23-2-1-3-25(16-23)24-4-8-27(9-5-24)35-17-22-12-14-33-15-13-22/h1-11,16,22H,12-15,17-21H2,(H,31,32). The highest BCUT2D eigenvalue weighted by molar-refractivity contribution is 5.68. The number of rotatable bonds is 11. The largest absolute Gasteiger partial charge is 0.493 e. The fourth-order valence-electron chi connectivity index (χ4n) is 4.55. The molecular formula is C30H32O7. The second-order valence-corrected chi connectivity index (χ2v) is 9.57. The lowest BCUT2D eigenvalue weighted by Gasteiger charge is -2.41. The van der Waals surface area contributed by atoms with Crippen LogP contribution in [0.2, 0.25) is 0 Å². The Morgan fingerprint density at radius 3 is 2.24 bits per heavy atom. The van der Waals surface area contributed by atoms with E-state index in [2.05, 4.69) is 24.3 Å². The summed E-state index contributed by atoms with van der Waals surface area (Å²) in [6.45, 7) is 3.16. The quantitative estimate of drug-likeness (QED) is 0.391. The summed E-state index contributed by atoms with van der Waals surface area (Å²) in [4.78, 5) is 10.9. The van der Waals surface area contributed by atoms with Crippen LogP contribution in [-0.2, 0) is 31.2 Å². The van der Waals surface area contributed by atoms with Crippen molar-refractivity contribution in [1.82, 2.24) is 0 Å². The zero-order valence-corrected chi connectivity index (χ0v) is 20.8. The highest BCUT2D eigenvalue weighted by Gasteiger charge is 2.42. The normalized spacial score (nSPS) is 17.1. The Hall–Kier alpha value is -3.39. The molecule has 194 valence electrons. The van der Waals surface area contributed by atoms with E-state index < -0.39 is 11.6 Å². The number of benzene rings is 3.